The maximum absolute atomic E-state index is 13.6. The van der Waals surface area contributed by atoms with Crippen molar-refractivity contribution in [3.05, 3.63) is 0 Å². The maximum Gasteiger partial charge on any atom is 0.474 e. The molecule has 0 aromatic carbocycles. The number of carbonyl (C=O) groups excluding carboxylic acids is 1. The van der Waals surface area contributed by atoms with Crippen LogP contribution in [-0.4, -0.2) is 39.6 Å². The van der Waals surface area contributed by atoms with Crippen LogP contribution in [0.4, 0.5) is 4.39 Å². The number of hydrogen-bond donors (Lipinski definition) is 0. The lowest BCUT2D eigenvalue weighted by Crippen LogP contribution is -2.19. The Morgan fingerprint density at radius 3 is 1.69 bits per heavy atom. The second-order valence-corrected chi connectivity index (χ2v) is 9.26. The van der Waals surface area contributed by atoms with Gasteiger partial charge in [-0.25, -0.2) is 8.96 Å². The highest BCUT2D eigenvalue weighted by Gasteiger charge is 2.25. The van der Waals surface area contributed by atoms with Crippen LogP contribution < -0.4 is 0 Å². The van der Waals surface area contributed by atoms with Crippen LogP contribution in [-0.2, 0) is 27.7 Å². The van der Waals surface area contributed by atoms with E-state index in [9.17, 15) is 13.8 Å². The quantitative estimate of drug-likeness (QED) is 0.111. The smallest absolute Gasteiger partial charge is 0.462 e. The van der Waals surface area contributed by atoms with Gasteiger partial charge in [0.05, 0.1) is 6.61 Å². The molecule has 0 spiro atoms. The van der Waals surface area contributed by atoms with Crippen molar-refractivity contribution in [1.29, 1.82) is 0 Å². The Hall–Kier alpha value is -0.490. The molecule has 0 aliphatic carbocycles. The predicted octanol–water partition coefficient (Wildman–Crippen LogP) is 6.77. The Morgan fingerprint density at radius 2 is 1.24 bits per heavy atom. The number of phosphoric ester groups is 1. The van der Waals surface area contributed by atoms with E-state index in [1.807, 2.05) is 0 Å². The van der Waals surface area contributed by atoms with Gasteiger partial charge in [-0.1, -0.05) is 84.0 Å². The van der Waals surface area contributed by atoms with Gasteiger partial charge in [0.1, 0.15) is 6.61 Å². The van der Waals surface area contributed by atoms with E-state index in [0.717, 1.165) is 33.5 Å². The molecule has 0 amide bonds. The molecule has 1 unspecified atom stereocenters. The molecule has 0 saturated carbocycles. The molecule has 174 valence electrons. The van der Waals surface area contributed by atoms with Crippen LogP contribution in [0.3, 0.4) is 0 Å². The highest BCUT2D eigenvalue weighted by molar-refractivity contribution is 7.48. The number of phosphoric acid groups is 1. The zero-order valence-corrected chi connectivity index (χ0v) is 19.6. The molecule has 0 aliphatic heterocycles. The van der Waals surface area contributed by atoms with Gasteiger partial charge in [0.25, 0.3) is 0 Å². The maximum atomic E-state index is 13.6. The highest BCUT2D eigenvalue weighted by Crippen LogP contribution is 2.47. The third kappa shape index (κ3) is 18.0. The van der Waals surface area contributed by atoms with E-state index in [0.29, 0.717) is 6.42 Å². The van der Waals surface area contributed by atoms with Crippen molar-refractivity contribution >= 4 is 13.8 Å². The van der Waals surface area contributed by atoms with Gasteiger partial charge in [0.2, 0.25) is 0 Å². The molecule has 29 heavy (non-hydrogen) atoms. The summed E-state index contributed by atoms with van der Waals surface area (Å²) in [7, 11) is -1.41. The monoisotopic (exact) mass is 440 g/mol. The fourth-order valence-electron chi connectivity index (χ4n) is 2.94. The second kappa shape index (κ2) is 19.5. The molecule has 0 aromatic rings. The first-order valence-electron chi connectivity index (χ1n) is 11.1. The summed E-state index contributed by atoms with van der Waals surface area (Å²) in [5.74, 6) is -0.419. The van der Waals surface area contributed by atoms with Crippen LogP contribution in [0.15, 0.2) is 0 Å². The van der Waals surface area contributed by atoms with Gasteiger partial charge >= 0.3 is 13.8 Å². The van der Waals surface area contributed by atoms with E-state index in [4.69, 9.17) is 9.26 Å². The van der Waals surface area contributed by atoms with Gasteiger partial charge in [0, 0.05) is 20.6 Å². The molecule has 0 bridgehead atoms. The molecule has 6 nitrogen and oxygen atoms in total. The lowest BCUT2D eigenvalue weighted by atomic mass is 10.0. The number of carbonyl (C=O) groups is 1. The van der Waals surface area contributed by atoms with Crippen LogP contribution in [0.5, 0.6) is 0 Å². The Kier molecular flexibility index (Phi) is 19.1. The number of rotatable bonds is 21. The second-order valence-electron chi connectivity index (χ2n) is 7.38. The first-order chi connectivity index (χ1) is 14.0. The molecule has 0 aromatic heterocycles. The fraction of sp³-hybridized carbons (Fsp3) is 0.952. The standard InChI is InChI=1S/C21H42FO6P/c1-4-5-6-7-8-9-10-11-12-13-14-15-16-17-21(23)27-18-20(22)19-28-29(24,25-2)26-3/h20H,4-19H2,1-3H3. The van der Waals surface area contributed by atoms with Crippen LogP contribution in [0, 0.1) is 0 Å². The first-order valence-corrected chi connectivity index (χ1v) is 12.6. The molecule has 0 N–H and O–H groups in total. The summed E-state index contributed by atoms with van der Waals surface area (Å²) < 4.78 is 43.9. The van der Waals surface area contributed by atoms with Crippen molar-refractivity contribution in [1.82, 2.24) is 0 Å². The highest BCUT2D eigenvalue weighted by atomic mass is 31.2. The van der Waals surface area contributed by atoms with Crippen LogP contribution in [0.25, 0.3) is 0 Å². The summed E-state index contributed by atoms with van der Waals surface area (Å²) in [5, 5.41) is 0. The molecular weight excluding hydrogens is 398 g/mol. The van der Waals surface area contributed by atoms with E-state index in [1.54, 1.807) is 0 Å². The zero-order chi connectivity index (χ0) is 21.8. The average Bonchev–Trinajstić information content (AvgIpc) is 2.73. The summed E-state index contributed by atoms with van der Waals surface area (Å²) in [6.45, 7) is 1.29. The Bertz CT molecular complexity index is 427. The van der Waals surface area contributed by atoms with Crippen molar-refractivity contribution in [2.45, 2.75) is 103 Å². The molecule has 0 aliphatic rings. The van der Waals surface area contributed by atoms with E-state index >= 15 is 0 Å². The van der Waals surface area contributed by atoms with Gasteiger partial charge in [-0.2, -0.15) is 0 Å². The lowest BCUT2D eigenvalue weighted by Gasteiger charge is -2.15. The third-order valence-electron chi connectivity index (χ3n) is 4.77. The van der Waals surface area contributed by atoms with Crippen LogP contribution >= 0.6 is 7.82 Å². The fourth-order valence-corrected chi connectivity index (χ4v) is 3.65. The summed E-state index contributed by atoms with van der Waals surface area (Å²) in [4.78, 5) is 11.6. The predicted molar refractivity (Wildman–Crippen MR) is 114 cm³/mol. The Labute approximate surface area is 176 Å². The SMILES string of the molecule is CCCCCCCCCCCCCCCC(=O)OCC(F)COP(=O)(OC)OC. The molecule has 0 heterocycles. The molecule has 0 fully saturated rings. The van der Waals surface area contributed by atoms with E-state index in [1.165, 1.54) is 64.2 Å². The molecule has 1 atom stereocenters. The van der Waals surface area contributed by atoms with Crippen LogP contribution in [0.2, 0.25) is 0 Å². The summed E-state index contributed by atoms with van der Waals surface area (Å²) >= 11 is 0. The van der Waals surface area contributed by atoms with Gasteiger partial charge in [-0.05, 0) is 6.42 Å². The van der Waals surface area contributed by atoms with Gasteiger partial charge in [0.15, 0.2) is 6.17 Å². The lowest BCUT2D eigenvalue weighted by molar-refractivity contribution is -0.145. The minimum atomic E-state index is -3.71. The largest absolute Gasteiger partial charge is 0.474 e. The average molecular weight is 441 g/mol. The minimum absolute atomic E-state index is 0.292. The number of halogens is 1. The molecule has 0 rings (SSSR count). The van der Waals surface area contributed by atoms with Gasteiger partial charge in [-0.3, -0.25) is 18.4 Å². The van der Waals surface area contributed by atoms with E-state index in [-0.39, 0.29) is 0 Å². The first kappa shape index (κ1) is 28.5. The molecule has 0 saturated heterocycles. The Morgan fingerprint density at radius 1 is 0.793 bits per heavy atom. The number of ether oxygens (including phenoxy) is 1. The molecule has 0 radical (unpaired) electrons. The normalized spacial score (nSPS) is 12.8. The number of esters is 1. The minimum Gasteiger partial charge on any atom is -0.462 e. The van der Waals surface area contributed by atoms with Crippen molar-refractivity contribution < 1.29 is 32.1 Å². The van der Waals surface area contributed by atoms with E-state index in [2.05, 4.69) is 16.0 Å². The Balaban J connectivity index is 3.44. The number of hydrogen-bond acceptors (Lipinski definition) is 6. The summed E-state index contributed by atoms with van der Waals surface area (Å²) in [6.07, 6.45) is 14.8. The summed E-state index contributed by atoms with van der Waals surface area (Å²) in [5.41, 5.74) is 0. The number of alkyl halides is 1. The van der Waals surface area contributed by atoms with Crippen molar-refractivity contribution in [3.63, 3.8) is 0 Å². The zero-order valence-electron chi connectivity index (χ0n) is 18.7. The van der Waals surface area contributed by atoms with Gasteiger partial charge in [-0.15, -0.1) is 0 Å². The van der Waals surface area contributed by atoms with Gasteiger partial charge < -0.3 is 4.74 Å². The topological polar surface area (TPSA) is 71.1 Å². The van der Waals surface area contributed by atoms with Crippen molar-refractivity contribution in [3.8, 4) is 0 Å². The molecule has 8 heteroatoms. The van der Waals surface area contributed by atoms with Crippen molar-refractivity contribution in [2.75, 3.05) is 27.4 Å². The summed E-state index contributed by atoms with van der Waals surface area (Å²) in [6, 6.07) is 0. The van der Waals surface area contributed by atoms with Crippen molar-refractivity contribution in [2.24, 2.45) is 0 Å². The van der Waals surface area contributed by atoms with E-state index < -0.39 is 33.2 Å². The number of unbranched alkanes of at least 4 members (excludes halogenated alkanes) is 12. The van der Waals surface area contributed by atoms with Crippen LogP contribution in [0.1, 0.15) is 96.8 Å². The molecular formula is C21H42FO6P. The third-order valence-corrected chi connectivity index (χ3v) is 6.13.